The summed E-state index contributed by atoms with van der Waals surface area (Å²) >= 11 is 0. The number of anilines is 1. The van der Waals surface area contributed by atoms with E-state index in [1.807, 2.05) is 11.9 Å². The summed E-state index contributed by atoms with van der Waals surface area (Å²) in [6, 6.07) is 0. The number of hydrogen-bond donors (Lipinski definition) is 0. The van der Waals surface area contributed by atoms with Gasteiger partial charge < -0.3 is 9.64 Å². The minimum Gasteiger partial charge on any atom is -0.381 e. The Balaban J connectivity index is 1.54. The van der Waals surface area contributed by atoms with Gasteiger partial charge in [0.05, 0.1) is 12.5 Å². The maximum Gasteiger partial charge on any atom is 0.391 e. The van der Waals surface area contributed by atoms with Crippen LogP contribution in [0.4, 0.5) is 19.1 Å². The number of hydrogen-bond acceptors (Lipinski definition) is 5. The maximum atomic E-state index is 12.8. The van der Waals surface area contributed by atoms with E-state index >= 15 is 0 Å². The van der Waals surface area contributed by atoms with Crippen LogP contribution in [0.1, 0.15) is 32.1 Å². The van der Waals surface area contributed by atoms with Crippen LogP contribution in [0, 0.1) is 17.8 Å². The van der Waals surface area contributed by atoms with Gasteiger partial charge in [0.2, 0.25) is 5.95 Å². The Morgan fingerprint density at radius 1 is 1.17 bits per heavy atom. The first-order valence-electron chi connectivity index (χ1n) is 8.55. The highest BCUT2D eigenvalue weighted by atomic mass is 19.4. The van der Waals surface area contributed by atoms with Crippen LogP contribution in [-0.4, -0.2) is 53.2 Å². The molecule has 6 nitrogen and oxygen atoms in total. The van der Waals surface area contributed by atoms with Crippen molar-refractivity contribution in [2.75, 3.05) is 31.7 Å². The molecule has 1 aromatic rings. The van der Waals surface area contributed by atoms with Gasteiger partial charge in [0.25, 0.3) is 0 Å². The Bertz CT molecular complexity index is 521. The molecule has 0 spiro atoms. The van der Waals surface area contributed by atoms with E-state index < -0.39 is 12.1 Å². The Kier molecular flexibility index (Phi) is 5.27. The summed E-state index contributed by atoms with van der Waals surface area (Å²) < 4.78 is 45.4. The van der Waals surface area contributed by atoms with Crippen molar-refractivity contribution in [3.05, 3.63) is 0 Å². The second-order valence-electron chi connectivity index (χ2n) is 7.03. The predicted molar refractivity (Wildman–Crippen MR) is 81.5 cm³/mol. The van der Waals surface area contributed by atoms with Gasteiger partial charge in [0.15, 0.2) is 0 Å². The number of ether oxygens (including phenoxy) is 1. The molecule has 2 fully saturated rings. The third-order valence-corrected chi connectivity index (χ3v) is 5.15. The van der Waals surface area contributed by atoms with Crippen molar-refractivity contribution in [1.82, 2.24) is 20.2 Å². The summed E-state index contributed by atoms with van der Waals surface area (Å²) in [4.78, 5) is 2.01. The molecule has 1 saturated heterocycles. The monoisotopic (exact) mass is 347 g/mol. The molecule has 3 rings (SSSR count). The molecule has 0 aromatic carbocycles. The molecule has 1 aliphatic heterocycles. The first-order chi connectivity index (χ1) is 11.4. The number of rotatable bonds is 5. The van der Waals surface area contributed by atoms with Crippen molar-refractivity contribution in [3.63, 3.8) is 0 Å². The van der Waals surface area contributed by atoms with E-state index in [1.165, 1.54) is 0 Å². The van der Waals surface area contributed by atoms with Gasteiger partial charge in [0.1, 0.15) is 0 Å². The van der Waals surface area contributed by atoms with Crippen LogP contribution in [0.15, 0.2) is 0 Å². The predicted octanol–water partition coefficient (Wildman–Crippen LogP) is 2.51. The average molecular weight is 347 g/mol. The van der Waals surface area contributed by atoms with Crippen LogP contribution in [0.3, 0.4) is 0 Å². The van der Waals surface area contributed by atoms with Crippen molar-refractivity contribution in [2.24, 2.45) is 17.8 Å². The number of tetrazole rings is 1. The second kappa shape index (κ2) is 7.25. The molecule has 2 aliphatic rings. The summed E-state index contributed by atoms with van der Waals surface area (Å²) in [7, 11) is 1.95. The third kappa shape index (κ3) is 4.17. The van der Waals surface area contributed by atoms with Crippen molar-refractivity contribution < 1.29 is 17.9 Å². The van der Waals surface area contributed by atoms with E-state index in [1.54, 1.807) is 4.68 Å². The topological polar surface area (TPSA) is 56.1 Å². The smallest absolute Gasteiger partial charge is 0.381 e. The molecular formula is C15H24F3N5O. The second-order valence-corrected chi connectivity index (χ2v) is 7.03. The van der Waals surface area contributed by atoms with E-state index in [-0.39, 0.29) is 18.8 Å². The van der Waals surface area contributed by atoms with Crippen LogP contribution in [-0.2, 0) is 11.3 Å². The van der Waals surface area contributed by atoms with E-state index in [0.717, 1.165) is 26.2 Å². The number of alkyl halides is 3. The fraction of sp³-hybridized carbons (Fsp3) is 0.933. The Labute approximate surface area is 139 Å². The van der Waals surface area contributed by atoms with E-state index in [4.69, 9.17) is 4.74 Å². The molecule has 0 radical (unpaired) electrons. The van der Waals surface area contributed by atoms with Crippen LogP contribution in [0.25, 0.3) is 0 Å². The Hall–Kier alpha value is -1.38. The van der Waals surface area contributed by atoms with Gasteiger partial charge in [-0.25, -0.2) is 4.68 Å². The molecule has 24 heavy (non-hydrogen) atoms. The van der Waals surface area contributed by atoms with Crippen LogP contribution >= 0.6 is 0 Å². The largest absolute Gasteiger partial charge is 0.391 e. The highest BCUT2D eigenvalue weighted by Crippen LogP contribution is 2.40. The molecule has 1 saturated carbocycles. The maximum absolute atomic E-state index is 12.8. The molecule has 0 unspecified atom stereocenters. The number of halogens is 3. The Morgan fingerprint density at radius 3 is 2.54 bits per heavy atom. The fourth-order valence-corrected chi connectivity index (χ4v) is 3.70. The fourth-order valence-electron chi connectivity index (χ4n) is 3.70. The lowest BCUT2D eigenvalue weighted by Gasteiger charge is -2.30. The summed E-state index contributed by atoms with van der Waals surface area (Å²) in [6.45, 7) is 2.96. The molecular weight excluding hydrogens is 323 g/mol. The standard InChI is InChI=1S/C15H24F3N5O/c1-22(8-12-6-7-24-10-12)14-19-20-21-23(14)9-11-2-4-13(5-3-11)15(16,17)18/h11-13H,2-10H2,1H3/t11?,12-,13?/m1/s1. The number of nitrogens with zero attached hydrogens (tertiary/aromatic N) is 5. The van der Waals surface area contributed by atoms with E-state index in [9.17, 15) is 13.2 Å². The van der Waals surface area contributed by atoms with Gasteiger partial charge in [-0.3, -0.25) is 0 Å². The molecule has 0 N–H and O–H groups in total. The van der Waals surface area contributed by atoms with Crippen LogP contribution in [0.5, 0.6) is 0 Å². The normalized spacial score (nSPS) is 28.2. The van der Waals surface area contributed by atoms with Gasteiger partial charge in [0, 0.05) is 32.7 Å². The van der Waals surface area contributed by atoms with Crippen LogP contribution < -0.4 is 4.90 Å². The highest BCUT2D eigenvalue weighted by molar-refractivity contribution is 5.26. The summed E-state index contributed by atoms with van der Waals surface area (Å²) in [5.41, 5.74) is 0. The van der Waals surface area contributed by atoms with Gasteiger partial charge in [-0.15, -0.1) is 0 Å². The molecule has 9 heteroatoms. The van der Waals surface area contributed by atoms with E-state index in [0.29, 0.717) is 31.3 Å². The molecule has 0 amide bonds. The third-order valence-electron chi connectivity index (χ3n) is 5.15. The highest BCUT2D eigenvalue weighted by Gasteiger charge is 2.41. The van der Waals surface area contributed by atoms with Gasteiger partial charge in [-0.05, 0) is 48.4 Å². The average Bonchev–Trinajstić information content (AvgIpc) is 3.18. The zero-order chi connectivity index (χ0) is 17.2. The minimum absolute atomic E-state index is 0.203. The van der Waals surface area contributed by atoms with Gasteiger partial charge in [-0.1, -0.05) is 5.10 Å². The van der Waals surface area contributed by atoms with Crippen molar-refractivity contribution in [3.8, 4) is 0 Å². The van der Waals surface area contributed by atoms with Crippen LogP contribution in [0.2, 0.25) is 0 Å². The van der Waals surface area contributed by atoms with Crippen molar-refractivity contribution in [2.45, 2.75) is 44.8 Å². The summed E-state index contributed by atoms with van der Waals surface area (Å²) in [5, 5.41) is 11.9. The lowest BCUT2D eigenvalue weighted by atomic mass is 9.81. The molecule has 2 heterocycles. The molecule has 1 aromatic heterocycles. The zero-order valence-corrected chi connectivity index (χ0v) is 13.9. The quantitative estimate of drug-likeness (QED) is 0.819. The number of aromatic nitrogens is 4. The van der Waals surface area contributed by atoms with Gasteiger partial charge in [-0.2, -0.15) is 13.2 Å². The lowest BCUT2D eigenvalue weighted by Crippen LogP contribution is -2.31. The van der Waals surface area contributed by atoms with Crippen molar-refractivity contribution >= 4 is 5.95 Å². The SMILES string of the molecule is CN(C[C@H]1CCOC1)c1nnnn1CC1CCC(C(F)(F)F)CC1. The molecule has 1 atom stereocenters. The van der Waals surface area contributed by atoms with Gasteiger partial charge >= 0.3 is 6.18 Å². The molecule has 1 aliphatic carbocycles. The van der Waals surface area contributed by atoms with Crippen molar-refractivity contribution in [1.29, 1.82) is 0 Å². The minimum atomic E-state index is -4.06. The molecule has 0 bridgehead atoms. The zero-order valence-electron chi connectivity index (χ0n) is 13.9. The Morgan fingerprint density at radius 2 is 1.92 bits per heavy atom. The summed E-state index contributed by atoms with van der Waals surface area (Å²) in [5.74, 6) is 0.211. The summed E-state index contributed by atoms with van der Waals surface area (Å²) in [6.07, 6.45) is -1.46. The molecule has 136 valence electrons. The van der Waals surface area contributed by atoms with E-state index in [2.05, 4.69) is 15.5 Å². The first kappa shape index (κ1) is 17.4. The first-order valence-corrected chi connectivity index (χ1v) is 8.55. The lowest BCUT2D eigenvalue weighted by molar-refractivity contribution is -0.184.